The highest BCUT2D eigenvalue weighted by atomic mass is 16.5. The fourth-order valence-electron chi connectivity index (χ4n) is 4.97. The second-order valence-electron chi connectivity index (χ2n) is 8.86. The van der Waals surface area contributed by atoms with Gasteiger partial charge >= 0.3 is 0 Å². The van der Waals surface area contributed by atoms with Gasteiger partial charge in [-0.2, -0.15) is 0 Å². The monoisotopic (exact) mass is 346 g/mol. The summed E-state index contributed by atoms with van der Waals surface area (Å²) < 4.78 is 5.65. The Kier molecular flexibility index (Phi) is 4.06. The average Bonchev–Trinajstić information content (AvgIpc) is 3.10. The number of hydrogen-bond acceptors (Lipinski definition) is 5. The lowest BCUT2D eigenvalue weighted by Gasteiger charge is -2.59. The van der Waals surface area contributed by atoms with Crippen LogP contribution in [0.2, 0.25) is 0 Å². The van der Waals surface area contributed by atoms with Crippen LogP contribution in [0.3, 0.4) is 0 Å². The number of aromatic nitrogens is 1. The van der Waals surface area contributed by atoms with Crippen LogP contribution in [0.15, 0.2) is 10.6 Å². The fourth-order valence-corrected chi connectivity index (χ4v) is 4.97. The quantitative estimate of drug-likeness (QED) is 0.836. The molecule has 4 rings (SSSR count). The molecule has 1 spiro atoms. The second-order valence-corrected chi connectivity index (χ2v) is 8.86. The van der Waals surface area contributed by atoms with Gasteiger partial charge in [0.25, 0.3) is 0 Å². The molecule has 0 N–H and O–H groups in total. The number of rotatable bonds is 4. The number of carbonyl (C=O) groups is 1. The molecule has 4 heterocycles. The molecule has 1 amide bonds. The molecular formula is C19H30N4O2. The normalized spacial score (nSPS) is 26.8. The zero-order valence-electron chi connectivity index (χ0n) is 15.9. The van der Waals surface area contributed by atoms with Crippen LogP contribution in [0.5, 0.6) is 0 Å². The van der Waals surface area contributed by atoms with Crippen molar-refractivity contribution in [3.63, 3.8) is 0 Å². The van der Waals surface area contributed by atoms with Gasteiger partial charge < -0.3 is 19.2 Å². The van der Waals surface area contributed by atoms with Gasteiger partial charge in [-0.25, -0.2) is 0 Å². The first-order chi connectivity index (χ1) is 11.9. The number of amides is 1. The van der Waals surface area contributed by atoms with Gasteiger partial charge in [0.1, 0.15) is 5.92 Å². The third kappa shape index (κ3) is 2.84. The second kappa shape index (κ2) is 6.01. The lowest BCUT2D eigenvalue weighted by molar-refractivity contribution is -0.134. The number of likely N-dealkylation sites (tertiary alicyclic amines) is 2. The van der Waals surface area contributed by atoms with Crippen molar-refractivity contribution in [3.8, 4) is 0 Å². The molecule has 25 heavy (non-hydrogen) atoms. The summed E-state index contributed by atoms with van der Waals surface area (Å²) in [5.41, 5.74) is 0.464. The summed E-state index contributed by atoms with van der Waals surface area (Å²) in [6, 6.07) is 2.33. The molecule has 1 aromatic rings. The average molecular weight is 346 g/mol. The molecule has 3 aliphatic rings. The number of carbonyl (C=O) groups excluding carboxylic acids is 1. The van der Waals surface area contributed by atoms with E-state index in [2.05, 4.69) is 42.8 Å². The molecule has 3 aliphatic heterocycles. The van der Waals surface area contributed by atoms with Gasteiger partial charge in [0.2, 0.25) is 5.91 Å². The van der Waals surface area contributed by atoms with Crippen LogP contribution in [0.1, 0.15) is 45.3 Å². The topological polar surface area (TPSA) is 52.8 Å². The molecule has 0 aliphatic carbocycles. The highest BCUT2D eigenvalue weighted by molar-refractivity contribution is 5.84. The van der Waals surface area contributed by atoms with Crippen molar-refractivity contribution in [2.75, 3.05) is 44.7 Å². The lowest BCUT2D eigenvalue weighted by Crippen LogP contribution is -2.71. The number of nitrogens with zero attached hydrogens (tertiary/aromatic N) is 4. The molecule has 138 valence electrons. The summed E-state index contributed by atoms with van der Waals surface area (Å²) in [5.74, 6) is 1.78. The predicted octanol–water partition coefficient (Wildman–Crippen LogP) is 2.18. The summed E-state index contributed by atoms with van der Waals surface area (Å²) in [7, 11) is 2.17. The van der Waals surface area contributed by atoms with Crippen LogP contribution < -0.4 is 4.90 Å². The Morgan fingerprint density at radius 3 is 2.60 bits per heavy atom. The third-order valence-electron chi connectivity index (χ3n) is 6.18. The highest BCUT2D eigenvalue weighted by Gasteiger charge is 2.51. The van der Waals surface area contributed by atoms with Crippen LogP contribution in [0, 0.1) is 11.3 Å². The summed E-state index contributed by atoms with van der Waals surface area (Å²) in [4.78, 5) is 19.7. The van der Waals surface area contributed by atoms with E-state index in [1.54, 1.807) is 0 Å². The molecule has 2 unspecified atom stereocenters. The van der Waals surface area contributed by atoms with Gasteiger partial charge in [0.05, 0.1) is 0 Å². The van der Waals surface area contributed by atoms with Crippen molar-refractivity contribution in [2.24, 2.45) is 11.3 Å². The molecule has 3 saturated heterocycles. The fraction of sp³-hybridized carbons (Fsp3) is 0.789. The Bertz CT molecular complexity index is 642. The van der Waals surface area contributed by atoms with E-state index in [1.807, 2.05) is 11.0 Å². The maximum atomic E-state index is 13.1. The largest absolute Gasteiger partial charge is 0.358 e. The first-order valence-corrected chi connectivity index (χ1v) is 9.59. The molecule has 6 nitrogen and oxygen atoms in total. The highest BCUT2D eigenvalue weighted by Crippen LogP contribution is 2.41. The van der Waals surface area contributed by atoms with E-state index in [1.165, 1.54) is 13.1 Å². The van der Waals surface area contributed by atoms with Crippen LogP contribution in [0.4, 0.5) is 5.82 Å². The summed E-state index contributed by atoms with van der Waals surface area (Å²) in [5, 5.41) is 4.28. The molecule has 0 aromatic carbocycles. The van der Waals surface area contributed by atoms with E-state index < -0.39 is 0 Å². The van der Waals surface area contributed by atoms with Gasteiger partial charge in [-0.15, -0.1) is 0 Å². The minimum absolute atomic E-state index is 0.198. The van der Waals surface area contributed by atoms with E-state index in [4.69, 9.17) is 4.52 Å². The molecule has 3 fully saturated rings. The molecule has 2 atom stereocenters. The Labute approximate surface area is 150 Å². The lowest BCUT2D eigenvalue weighted by atomic mass is 9.73. The summed E-state index contributed by atoms with van der Waals surface area (Å²) in [6.07, 6.45) is 2.20. The van der Waals surface area contributed by atoms with Gasteiger partial charge in [0.15, 0.2) is 11.6 Å². The third-order valence-corrected chi connectivity index (χ3v) is 6.18. The Morgan fingerprint density at radius 2 is 2.04 bits per heavy atom. The van der Waals surface area contributed by atoms with Crippen LogP contribution in [-0.2, 0) is 4.79 Å². The molecule has 1 aromatic heterocycles. The Morgan fingerprint density at radius 1 is 1.32 bits per heavy atom. The Balaban J connectivity index is 1.46. The molecule has 0 radical (unpaired) electrons. The van der Waals surface area contributed by atoms with E-state index in [0.717, 1.165) is 44.1 Å². The molecule has 0 saturated carbocycles. The number of hydrogen-bond donors (Lipinski definition) is 0. The Hall–Kier alpha value is -1.56. The van der Waals surface area contributed by atoms with Gasteiger partial charge in [-0.05, 0) is 32.7 Å². The minimum atomic E-state index is -0.230. The first-order valence-electron chi connectivity index (χ1n) is 9.59. The molecular weight excluding hydrogens is 316 g/mol. The first kappa shape index (κ1) is 16.9. The zero-order valence-corrected chi connectivity index (χ0v) is 15.9. The van der Waals surface area contributed by atoms with Crippen molar-refractivity contribution < 1.29 is 9.32 Å². The summed E-state index contributed by atoms with van der Waals surface area (Å²) >= 11 is 0. The molecule has 0 bridgehead atoms. The standard InChI is InChI=1S/C19H30N4O2/c1-13(2)17(18(24)23-7-5-6-14(23)3)15-8-16(20-25-15)22-11-19(12-22)9-21(4)10-19/h8,13-14,17H,5-7,9-12H2,1-4H3. The minimum Gasteiger partial charge on any atom is -0.358 e. The zero-order chi connectivity index (χ0) is 17.8. The van der Waals surface area contributed by atoms with E-state index >= 15 is 0 Å². The van der Waals surface area contributed by atoms with Crippen molar-refractivity contribution in [3.05, 3.63) is 11.8 Å². The SMILES string of the molecule is CC(C)C(C(=O)N1CCCC1C)c1cc(N2CC3(CN(C)C3)C2)no1. The molecule has 6 heteroatoms. The van der Waals surface area contributed by atoms with Crippen molar-refractivity contribution in [2.45, 2.75) is 45.6 Å². The van der Waals surface area contributed by atoms with E-state index in [0.29, 0.717) is 11.5 Å². The van der Waals surface area contributed by atoms with Gasteiger partial charge in [-0.1, -0.05) is 19.0 Å². The van der Waals surface area contributed by atoms with Crippen LogP contribution >= 0.6 is 0 Å². The summed E-state index contributed by atoms with van der Waals surface area (Å²) in [6.45, 7) is 11.6. The van der Waals surface area contributed by atoms with Crippen molar-refractivity contribution in [1.82, 2.24) is 15.0 Å². The van der Waals surface area contributed by atoms with Crippen molar-refractivity contribution in [1.29, 1.82) is 0 Å². The predicted molar refractivity (Wildman–Crippen MR) is 96.6 cm³/mol. The maximum Gasteiger partial charge on any atom is 0.233 e. The van der Waals surface area contributed by atoms with E-state index in [9.17, 15) is 4.79 Å². The number of anilines is 1. The smallest absolute Gasteiger partial charge is 0.233 e. The van der Waals surface area contributed by atoms with Gasteiger partial charge in [-0.3, -0.25) is 4.79 Å². The van der Waals surface area contributed by atoms with Crippen LogP contribution in [0.25, 0.3) is 0 Å². The maximum absolute atomic E-state index is 13.1. The van der Waals surface area contributed by atoms with E-state index in [-0.39, 0.29) is 17.7 Å². The van der Waals surface area contributed by atoms with Gasteiger partial charge in [0, 0.05) is 50.2 Å². The van der Waals surface area contributed by atoms with Crippen LogP contribution in [-0.4, -0.2) is 66.7 Å². The van der Waals surface area contributed by atoms with Crippen molar-refractivity contribution >= 4 is 11.7 Å².